The summed E-state index contributed by atoms with van der Waals surface area (Å²) in [4.78, 5) is 4.67. The molecule has 0 aliphatic rings. The summed E-state index contributed by atoms with van der Waals surface area (Å²) in [5, 5.41) is 0. The number of benzene rings is 2. The molecule has 0 saturated heterocycles. The Morgan fingerprint density at radius 3 is 2.64 bits per heavy atom. The normalized spacial score (nSPS) is 11.2. The topological polar surface area (TPSA) is 31.0 Å². The van der Waals surface area contributed by atoms with E-state index in [1.54, 1.807) is 0 Å². The van der Waals surface area contributed by atoms with Crippen LogP contribution in [0.4, 0.5) is 0 Å². The minimum Gasteiger partial charge on any atom is -0.436 e. The summed E-state index contributed by atoms with van der Waals surface area (Å²) in [6.07, 6.45) is 4.06. The van der Waals surface area contributed by atoms with Crippen molar-refractivity contribution in [2.45, 2.75) is 6.92 Å². The maximum Gasteiger partial charge on any atom is 0.227 e. The molecular weight excluding hydrogens is 387 g/mol. The molecule has 0 unspecified atom stereocenters. The molecule has 108 valence electrons. The molecule has 0 atom stereocenters. The standard InChI is InChI=1S/C18H13IN2O/c1-12-9-15(21-7-2-3-8-21)11-16-17(12)22-18(20-16)13-5-4-6-14(19)10-13/h2-11H,1H3. The highest BCUT2D eigenvalue weighted by molar-refractivity contribution is 14.1. The lowest BCUT2D eigenvalue weighted by Crippen LogP contribution is -1.90. The van der Waals surface area contributed by atoms with Crippen molar-refractivity contribution in [1.29, 1.82) is 0 Å². The number of aryl methyl sites for hydroxylation is 1. The molecule has 0 bridgehead atoms. The number of fused-ring (bicyclic) bond motifs is 1. The third kappa shape index (κ3) is 2.33. The molecule has 4 rings (SSSR count). The van der Waals surface area contributed by atoms with Crippen LogP contribution in [0.1, 0.15) is 5.56 Å². The highest BCUT2D eigenvalue weighted by atomic mass is 127. The third-order valence-electron chi connectivity index (χ3n) is 3.63. The number of aromatic nitrogens is 2. The molecule has 0 aliphatic carbocycles. The quantitative estimate of drug-likeness (QED) is 0.433. The van der Waals surface area contributed by atoms with Gasteiger partial charge in [-0.05, 0) is 77.5 Å². The molecule has 4 heteroatoms. The Morgan fingerprint density at radius 2 is 1.86 bits per heavy atom. The van der Waals surface area contributed by atoms with E-state index in [9.17, 15) is 0 Å². The van der Waals surface area contributed by atoms with Gasteiger partial charge in [-0.15, -0.1) is 0 Å². The van der Waals surface area contributed by atoms with Gasteiger partial charge in [-0.3, -0.25) is 0 Å². The van der Waals surface area contributed by atoms with Crippen LogP contribution in [0.5, 0.6) is 0 Å². The number of oxazole rings is 1. The summed E-state index contributed by atoms with van der Waals surface area (Å²) in [6.45, 7) is 2.05. The molecule has 0 N–H and O–H groups in total. The van der Waals surface area contributed by atoms with Gasteiger partial charge >= 0.3 is 0 Å². The molecule has 2 heterocycles. The second-order valence-electron chi connectivity index (χ2n) is 5.23. The van der Waals surface area contributed by atoms with Gasteiger partial charge in [0.2, 0.25) is 5.89 Å². The SMILES string of the molecule is Cc1cc(-n2cccc2)cc2nc(-c3cccc(I)c3)oc12. The van der Waals surface area contributed by atoms with E-state index in [0.29, 0.717) is 5.89 Å². The molecule has 22 heavy (non-hydrogen) atoms. The molecule has 0 spiro atoms. The van der Waals surface area contributed by atoms with Crippen molar-refractivity contribution in [3.05, 3.63) is 70.1 Å². The van der Waals surface area contributed by atoms with Crippen LogP contribution in [-0.4, -0.2) is 9.55 Å². The lowest BCUT2D eigenvalue weighted by Gasteiger charge is -2.03. The van der Waals surface area contributed by atoms with Crippen molar-refractivity contribution in [3.8, 4) is 17.1 Å². The van der Waals surface area contributed by atoms with E-state index >= 15 is 0 Å². The monoisotopic (exact) mass is 400 g/mol. The van der Waals surface area contributed by atoms with Gasteiger partial charge in [0.15, 0.2) is 5.58 Å². The first-order chi connectivity index (χ1) is 10.7. The highest BCUT2D eigenvalue weighted by Crippen LogP contribution is 2.29. The zero-order chi connectivity index (χ0) is 15.1. The lowest BCUT2D eigenvalue weighted by molar-refractivity contribution is 0.617. The average molecular weight is 400 g/mol. The fourth-order valence-corrected chi connectivity index (χ4v) is 3.13. The van der Waals surface area contributed by atoms with Gasteiger partial charge in [-0.25, -0.2) is 4.98 Å². The van der Waals surface area contributed by atoms with Crippen LogP contribution in [-0.2, 0) is 0 Å². The average Bonchev–Trinajstić information content (AvgIpc) is 3.16. The summed E-state index contributed by atoms with van der Waals surface area (Å²) in [6, 6.07) is 16.4. The second kappa shape index (κ2) is 5.28. The molecule has 0 amide bonds. The summed E-state index contributed by atoms with van der Waals surface area (Å²) >= 11 is 2.30. The number of rotatable bonds is 2. The minimum atomic E-state index is 0.668. The molecule has 0 fully saturated rings. The van der Waals surface area contributed by atoms with E-state index in [1.807, 2.05) is 36.7 Å². The van der Waals surface area contributed by atoms with Crippen LogP contribution < -0.4 is 0 Å². The Balaban J connectivity index is 1.89. The first kappa shape index (κ1) is 13.6. The second-order valence-corrected chi connectivity index (χ2v) is 6.48. The predicted molar refractivity (Wildman–Crippen MR) is 96.2 cm³/mol. The van der Waals surface area contributed by atoms with Crippen LogP contribution in [0.3, 0.4) is 0 Å². The Bertz CT molecular complexity index is 955. The Labute approximate surface area is 141 Å². The molecule has 2 aromatic heterocycles. The van der Waals surface area contributed by atoms with Gasteiger partial charge in [-0.2, -0.15) is 0 Å². The molecule has 0 radical (unpaired) electrons. The fourth-order valence-electron chi connectivity index (χ4n) is 2.58. The third-order valence-corrected chi connectivity index (χ3v) is 4.31. The molecular formula is C18H13IN2O. The number of nitrogens with zero attached hydrogens (tertiary/aromatic N) is 2. The van der Waals surface area contributed by atoms with Crippen molar-refractivity contribution in [1.82, 2.24) is 9.55 Å². The van der Waals surface area contributed by atoms with E-state index in [-0.39, 0.29) is 0 Å². The maximum atomic E-state index is 5.99. The van der Waals surface area contributed by atoms with Gasteiger partial charge < -0.3 is 8.98 Å². The Morgan fingerprint density at radius 1 is 1.05 bits per heavy atom. The molecule has 0 saturated carbocycles. The lowest BCUT2D eigenvalue weighted by atomic mass is 10.2. The summed E-state index contributed by atoms with van der Waals surface area (Å²) < 4.78 is 9.23. The van der Waals surface area contributed by atoms with Gasteiger partial charge in [0.25, 0.3) is 0 Å². The first-order valence-corrected chi connectivity index (χ1v) is 8.09. The van der Waals surface area contributed by atoms with Crippen LogP contribution in [0.15, 0.2) is 65.3 Å². The summed E-state index contributed by atoms with van der Waals surface area (Å²) in [5.74, 6) is 0.668. The molecule has 4 aromatic rings. The van der Waals surface area contributed by atoms with E-state index < -0.39 is 0 Å². The van der Waals surface area contributed by atoms with Crippen LogP contribution in [0.25, 0.3) is 28.2 Å². The van der Waals surface area contributed by atoms with Crippen LogP contribution in [0.2, 0.25) is 0 Å². The Kier molecular flexibility index (Phi) is 3.26. The minimum absolute atomic E-state index is 0.668. The number of halogens is 1. The fraction of sp³-hybridized carbons (Fsp3) is 0.0556. The van der Waals surface area contributed by atoms with Crippen molar-refractivity contribution >= 4 is 33.7 Å². The van der Waals surface area contributed by atoms with E-state index in [4.69, 9.17) is 4.42 Å². The predicted octanol–water partition coefficient (Wildman–Crippen LogP) is 5.20. The van der Waals surface area contributed by atoms with Crippen molar-refractivity contribution < 1.29 is 4.42 Å². The van der Waals surface area contributed by atoms with Gasteiger partial charge in [-0.1, -0.05) is 6.07 Å². The van der Waals surface area contributed by atoms with Crippen LogP contribution >= 0.6 is 22.6 Å². The van der Waals surface area contributed by atoms with Crippen molar-refractivity contribution in [2.24, 2.45) is 0 Å². The highest BCUT2D eigenvalue weighted by Gasteiger charge is 2.12. The van der Waals surface area contributed by atoms with Crippen molar-refractivity contribution in [2.75, 3.05) is 0 Å². The molecule has 0 aliphatic heterocycles. The van der Waals surface area contributed by atoms with E-state index in [2.05, 4.69) is 63.3 Å². The largest absolute Gasteiger partial charge is 0.436 e. The van der Waals surface area contributed by atoms with Crippen LogP contribution in [0, 0.1) is 10.5 Å². The number of hydrogen-bond acceptors (Lipinski definition) is 2. The van der Waals surface area contributed by atoms with Crippen molar-refractivity contribution in [3.63, 3.8) is 0 Å². The van der Waals surface area contributed by atoms with E-state index in [0.717, 1.165) is 27.9 Å². The summed E-state index contributed by atoms with van der Waals surface area (Å²) in [7, 11) is 0. The van der Waals surface area contributed by atoms with Gasteiger partial charge in [0, 0.05) is 27.2 Å². The zero-order valence-corrected chi connectivity index (χ0v) is 14.1. The first-order valence-electron chi connectivity index (χ1n) is 7.01. The van der Waals surface area contributed by atoms with E-state index in [1.165, 1.54) is 3.57 Å². The molecule has 3 nitrogen and oxygen atoms in total. The zero-order valence-electron chi connectivity index (χ0n) is 12.0. The number of hydrogen-bond donors (Lipinski definition) is 0. The smallest absolute Gasteiger partial charge is 0.227 e. The van der Waals surface area contributed by atoms with Gasteiger partial charge in [0.05, 0.1) is 0 Å². The Hall–Kier alpha value is -2.08. The molecule has 2 aromatic carbocycles. The maximum absolute atomic E-state index is 5.99. The van der Waals surface area contributed by atoms with Gasteiger partial charge in [0.1, 0.15) is 5.52 Å². The summed E-state index contributed by atoms with van der Waals surface area (Å²) in [5.41, 5.74) is 4.93.